The summed E-state index contributed by atoms with van der Waals surface area (Å²) >= 11 is 0. The van der Waals surface area contributed by atoms with Gasteiger partial charge >= 0.3 is 0 Å². The van der Waals surface area contributed by atoms with Gasteiger partial charge in [-0.1, -0.05) is 94.8 Å². The molecule has 0 radical (unpaired) electrons. The van der Waals surface area contributed by atoms with E-state index < -0.39 is 0 Å². The van der Waals surface area contributed by atoms with Crippen molar-refractivity contribution in [1.82, 2.24) is 0 Å². The molecular formula is C40H46O5. The molecule has 4 aromatic carbocycles. The van der Waals surface area contributed by atoms with Crippen LogP contribution in [0.2, 0.25) is 0 Å². The lowest BCUT2D eigenvalue weighted by molar-refractivity contribution is 0.256. The monoisotopic (exact) mass is 606 g/mol. The van der Waals surface area contributed by atoms with Gasteiger partial charge in [-0.25, -0.2) is 0 Å². The third-order valence-electron chi connectivity index (χ3n) is 9.53. The maximum Gasteiger partial charge on any atom is 0.119 e. The molecule has 0 N–H and O–H groups in total. The van der Waals surface area contributed by atoms with E-state index in [0.717, 1.165) is 43.5 Å². The molecule has 0 aromatic heterocycles. The van der Waals surface area contributed by atoms with Crippen LogP contribution in [0.3, 0.4) is 0 Å². The molecule has 5 nitrogen and oxygen atoms in total. The van der Waals surface area contributed by atoms with Gasteiger partial charge in [-0.3, -0.25) is 0 Å². The van der Waals surface area contributed by atoms with E-state index in [9.17, 15) is 0 Å². The van der Waals surface area contributed by atoms with Crippen molar-refractivity contribution in [2.75, 3.05) is 33.0 Å². The molecule has 2 saturated heterocycles. The largest absolute Gasteiger partial charge is 0.493 e. The SMILES string of the molecule is CCC(C)COc1ccc(C(C)(c2ccc(OCC3CO3)cc2)c2ccc(C(C)(C)c3ccc(OCC4CO4)cc3)cc2)cc1. The zero-order valence-electron chi connectivity index (χ0n) is 27.3. The molecule has 2 aliphatic heterocycles. The Balaban J connectivity index is 1.26. The molecule has 2 aliphatic rings. The Hall–Kier alpha value is -3.80. The fraction of sp³-hybridized carbons (Fsp3) is 0.400. The van der Waals surface area contributed by atoms with E-state index in [1.165, 1.54) is 27.8 Å². The molecule has 4 aromatic rings. The maximum atomic E-state index is 6.09. The van der Waals surface area contributed by atoms with Gasteiger partial charge in [0.15, 0.2) is 0 Å². The van der Waals surface area contributed by atoms with E-state index in [2.05, 4.69) is 132 Å². The van der Waals surface area contributed by atoms with E-state index in [0.29, 0.717) is 19.1 Å². The number of ether oxygens (including phenoxy) is 5. The molecule has 45 heavy (non-hydrogen) atoms. The van der Waals surface area contributed by atoms with Crippen LogP contribution in [-0.2, 0) is 20.3 Å². The lowest BCUT2D eigenvalue weighted by Gasteiger charge is -2.33. The van der Waals surface area contributed by atoms with Crippen molar-refractivity contribution in [3.05, 3.63) is 125 Å². The number of epoxide rings is 2. The summed E-state index contributed by atoms with van der Waals surface area (Å²) in [7, 11) is 0. The number of rotatable bonds is 15. The predicted molar refractivity (Wildman–Crippen MR) is 179 cm³/mol. The molecule has 4 unspecified atom stereocenters. The Labute approximate surface area is 268 Å². The van der Waals surface area contributed by atoms with Gasteiger partial charge in [-0.2, -0.15) is 0 Å². The summed E-state index contributed by atoms with van der Waals surface area (Å²) in [5.41, 5.74) is 5.57. The topological polar surface area (TPSA) is 52.8 Å². The quantitative estimate of drug-likeness (QED) is 0.101. The van der Waals surface area contributed by atoms with E-state index in [4.69, 9.17) is 23.7 Å². The fourth-order valence-corrected chi connectivity index (χ4v) is 5.69. The van der Waals surface area contributed by atoms with Gasteiger partial charge in [-0.05, 0) is 77.1 Å². The summed E-state index contributed by atoms with van der Waals surface area (Å²) < 4.78 is 28.5. The first-order valence-electron chi connectivity index (χ1n) is 16.3. The van der Waals surface area contributed by atoms with Crippen LogP contribution in [0.5, 0.6) is 17.2 Å². The smallest absolute Gasteiger partial charge is 0.119 e. The number of benzene rings is 4. The third kappa shape index (κ3) is 7.37. The highest BCUT2D eigenvalue weighted by Gasteiger charge is 2.33. The minimum absolute atomic E-state index is 0.175. The molecule has 0 bridgehead atoms. The van der Waals surface area contributed by atoms with Crippen molar-refractivity contribution >= 4 is 0 Å². The molecule has 6 rings (SSSR count). The van der Waals surface area contributed by atoms with Gasteiger partial charge in [-0.15, -0.1) is 0 Å². The third-order valence-corrected chi connectivity index (χ3v) is 9.53. The molecule has 0 saturated carbocycles. The van der Waals surface area contributed by atoms with Crippen LogP contribution in [0.25, 0.3) is 0 Å². The number of hydrogen-bond acceptors (Lipinski definition) is 5. The zero-order valence-corrected chi connectivity index (χ0v) is 27.3. The van der Waals surface area contributed by atoms with Crippen LogP contribution >= 0.6 is 0 Å². The van der Waals surface area contributed by atoms with Crippen molar-refractivity contribution < 1.29 is 23.7 Å². The lowest BCUT2D eigenvalue weighted by Crippen LogP contribution is -2.26. The van der Waals surface area contributed by atoms with E-state index >= 15 is 0 Å². The van der Waals surface area contributed by atoms with Gasteiger partial charge in [0.05, 0.1) is 19.8 Å². The van der Waals surface area contributed by atoms with Gasteiger partial charge in [0.25, 0.3) is 0 Å². The van der Waals surface area contributed by atoms with Crippen LogP contribution in [0.4, 0.5) is 0 Å². The summed E-state index contributed by atoms with van der Waals surface area (Å²) in [4.78, 5) is 0. The van der Waals surface area contributed by atoms with Gasteiger partial charge in [0, 0.05) is 10.8 Å². The van der Waals surface area contributed by atoms with Crippen LogP contribution in [0.15, 0.2) is 97.1 Å². The Morgan fingerprint density at radius 1 is 0.578 bits per heavy atom. The Morgan fingerprint density at radius 3 is 1.29 bits per heavy atom. The van der Waals surface area contributed by atoms with Crippen LogP contribution in [0.1, 0.15) is 68.9 Å². The highest BCUT2D eigenvalue weighted by molar-refractivity contribution is 5.52. The van der Waals surface area contributed by atoms with Crippen molar-refractivity contribution in [1.29, 1.82) is 0 Å². The minimum atomic E-state index is -0.389. The summed E-state index contributed by atoms with van der Waals surface area (Å²) in [6, 6.07) is 34.7. The molecule has 4 atom stereocenters. The summed E-state index contributed by atoms with van der Waals surface area (Å²) in [6.07, 6.45) is 1.58. The summed E-state index contributed by atoms with van der Waals surface area (Å²) in [5.74, 6) is 3.17. The molecule has 2 fully saturated rings. The second kappa shape index (κ2) is 13.3. The van der Waals surface area contributed by atoms with E-state index in [-0.39, 0.29) is 23.0 Å². The molecule has 5 heteroatoms. The van der Waals surface area contributed by atoms with Gasteiger partial charge in [0.2, 0.25) is 0 Å². The fourth-order valence-electron chi connectivity index (χ4n) is 5.69. The first-order valence-corrected chi connectivity index (χ1v) is 16.3. The first-order chi connectivity index (χ1) is 21.8. The van der Waals surface area contributed by atoms with Gasteiger partial charge in [0.1, 0.15) is 42.7 Å². The van der Waals surface area contributed by atoms with E-state index in [1.807, 2.05) is 0 Å². The van der Waals surface area contributed by atoms with Crippen LogP contribution < -0.4 is 14.2 Å². The van der Waals surface area contributed by atoms with Crippen molar-refractivity contribution in [3.8, 4) is 17.2 Å². The Bertz CT molecular complexity index is 1520. The second-order valence-corrected chi connectivity index (χ2v) is 13.3. The Kier molecular flexibility index (Phi) is 9.21. The summed E-state index contributed by atoms with van der Waals surface area (Å²) in [5, 5.41) is 0. The lowest BCUT2D eigenvalue weighted by atomic mass is 9.70. The van der Waals surface area contributed by atoms with Crippen molar-refractivity contribution in [3.63, 3.8) is 0 Å². The van der Waals surface area contributed by atoms with Gasteiger partial charge < -0.3 is 23.7 Å². The molecule has 0 amide bonds. The normalized spacial score (nSPS) is 19.3. The molecule has 0 aliphatic carbocycles. The first kappa shape index (κ1) is 31.2. The average Bonchev–Trinajstić information content (AvgIpc) is 4.02. The van der Waals surface area contributed by atoms with Crippen LogP contribution in [0, 0.1) is 5.92 Å². The van der Waals surface area contributed by atoms with Crippen molar-refractivity contribution in [2.24, 2.45) is 5.92 Å². The number of hydrogen-bond donors (Lipinski definition) is 0. The highest BCUT2D eigenvalue weighted by atomic mass is 16.6. The summed E-state index contributed by atoms with van der Waals surface area (Å²) in [6.45, 7) is 14.8. The molecular weight excluding hydrogens is 560 g/mol. The minimum Gasteiger partial charge on any atom is -0.493 e. The highest BCUT2D eigenvalue weighted by Crippen LogP contribution is 2.41. The van der Waals surface area contributed by atoms with Crippen molar-refractivity contribution in [2.45, 2.75) is 64.1 Å². The molecule has 2 heterocycles. The molecule has 236 valence electrons. The second-order valence-electron chi connectivity index (χ2n) is 13.3. The predicted octanol–water partition coefficient (Wildman–Crippen LogP) is 8.35. The standard InChI is InChI=1S/C40H46O5/c1-6-28(2)23-41-34-19-13-32(14-20-34)40(5,33-15-21-36(22-16-33)43-25-38-27-45-38)31-9-7-29(8-10-31)39(3,4)30-11-17-35(18-12-30)42-24-37-26-44-37/h7-22,28,37-38H,6,23-27H2,1-5H3. The zero-order chi connectivity index (χ0) is 31.4. The average molecular weight is 607 g/mol. The maximum absolute atomic E-state index is 6.09. The molecule has 0 spiro atoms. The van der Waals surface area contributed by atoms with E-state index in [1.54, 1.807) is 0 Å². The Morgan fingerprint density at radius 2 is 0.911 bits per heavy atom. The van der Waals surface area contributed by atoms with Crippen LogP contribution in [-0.4, -0.2) is 45.2 Å².